The van der Waals surface area contributed by atoms with E-state index in [4.69, 9.17) is 0 Å². The van der Waals surface area contributed by atoms with Crippen LogP contribution in [0.2, 0.25) is 0 Å². The number of hydrogen-bond donors (Lipinski definition) is 1. The molecule has 1 fully saturated rings. The number of anilines is 1. The summed E-state index contributed by atoms with van der Waals surface area (Å²) in [5.74, 6) is 0.0760. The number of piperazine rings is 1. The molecule has 1 aromatic heterocycles. The fourth-order valence-electron chi connectivity index (χ4n) is 3.63. The Morgan fingerprint density at radius 2 is 1.93 bits per heavy atom. The van der Waals surface area contributed by atoms with Gasteiger partial charge in [-0.05, 0) is 62.6 Å². The lowest BCUT2D eigenvalue weighted by atomic mass is 10.2. The number of carbonyl (C=O) groups is 1. The van der Waals surface area contributed by atoms with Crippen LogP contribution in [0.5, 0.6) is 0 Å². The van der Waals surface area contributed by atoms with Crippen LogP contribution in [0.1, 0.15) is 39.0 Å². The topological polar surface area (TPSA) is 35.6 Å². The molecule has 1 saturated heterocycles. The quantitative estimate of drug-likeness (QED) is 0.735. The minimum Gasteiger partial charge on any atom is -0.369 e. The highest BCUT2D eigenvalue weighted by Crippen LogP contribution is 2.22. The Labute approximate surface area is 167 Å². The first-order valence-electron chi connectivity index (χ1n) is 9.98. The smallest absolute Gasteiger partial charge is 0.261 e. The van der Waals surface area contributed by atoms with Gasteiger partial charge in [-0.3, -0.25) is 9.69 Å². The van der Waals surface area contributed by atoms with Gasteiger partial charge in [0.15, 0.2) is 0 Å². The van der Waals surface area contributed by atoms with Crippen LogP contribution < -0.4 is 10.2 Å². The highest BCUT2D eigenvalue weighted by molar-refractivity contribution is 7.14. The number of benzene rings is 1. The number of carbonyl (C=O) groups excluding carboxylic acids is 1. The van der Waals surface area contributed by atoms with Gasteiger partial charge in [0.05, 0.1) is 4.88 Å². The molecule has 2 heterocycles. The molecule has 1 aromatic carbocycles. The van der Waals surface area contributed by atoms with Crippen molar-refractivity contribution in [3.63, 3.8) is 0 Å². The van der Waals surface area contributed by atoms with Crippen molar-refractivity contribution in [2.75, 3.05) is 44.2 Å². The van der Waals surface area contributed by atoms with Crippen molar-refractivity contribution >= 4 is 22.9 Å². The van der Waals surface area contributed by atoms with Crippen LogP contribution in [0.4, 0.5) is 5.69 Å². The molecule has 0 saturated carbocycles. The van der Waals surface area contributed by atoms with Crippen molar-refractivity contribution in [3.05, 3.63) is 51.2 Å². The fraction of sp³-hybridized carbons (Fsp3) is 0.500. The standard InChI is InChI=1S/C22H31N3OS/c1-4-20-18(3)16-21(27-20)22(26)23-9-6-10-24-11-13-25(14-12-24)19-8-5-7-17(2)15-19/h5,7-8,15-16H,4,6,9-14H2,1-3H3,(H,23,26). The van der Waals surface area contributed by atoms with Crippen LogP contribution in [-0.2, 0) is 6.42 Å². The van der Waals surface area contributed by atoms with Crippen molar-refractivity contribution in [3.8, 4) is 0 Å². The minimum atomic E-state index is 0.0760. The Kier molecular flexibility index (Phi) is 6.91. The van der Waals surface area contributed by atoms with Crippen LogP contribution in [0.15, 0.2) is 30.3 Å². The molecule has 0 bridgehead atoms. The predicted molar refractivity (Wildman–Crippen MR) is 115 cm³/mol. The second kappa shape index (κ2) is 9.38. The summed E-state index contributed by atoms with van der Waals surface area (Å²) < 4.78 is 0. The molecule has 0 unspecified atom stereocenters. The molecule has 0 atom stereocenters. The number of aryl methyl sites for hydroxylation is 3. The summed E-state index contributed by atoms with van der Waals surface area (Å²) >= 11 is 1.62. The number of nitrogens with one attached hydrogen (secondary N) is 1. The highest BCUT2D eigenvalue weighted by atomic mass is 32.1. The van der Waals surface area contributed by atoms with E-state index in [0.717, 1.165) is 57.0 Å². The Morgan fingerprint density at radius 1 is 1.15 bits per heavy atom. The average molecular weight is 386 g/mol. The summed E-state index contributed by atoms with van der Waals surface area (Å²) in [7, 11) is 0. The molecule has 1 N–H and O–H groups in total. The zero-order valence-corrected chi connectivity index (χ0v) is 17.6. The summed E-state index contributed by atoms with van der Waals surface area (Å²) in [5.41, 5.74) is 3.89. The lowest BCUT2D eigenvalue weighted by molar-refractivity contribution is 0.0955. The van der Waals surface area contributed by atoms with Gasteiger partial charge >= 0.3 is 0 Å². The van der Waals surface area contributed by atoms with Gasteiger partial charge in [-0.2, -0.15) is 0 Å². The van der Waals surface area contributed by atoms with E-state index in [0.29, 0.717) is 0 Å². The van der Waals surface area contributed by atoms with Gasteiger partial charge in [0, 0.05) is 43.3 Å². The Bertz CT molecular complexity index is 763. The van der Waals surface area contributed by atoms with E-state index in [1.807, 2.05) is 6.07 Å². The molecule has 27 heavy (non-hydrogen) atoms. The third-order valence-electron chi connectivity index (χ3n) is 5.24. The maximum Gasteiger partial charge on any atom is 0.261 e. The van der Waals surface area contributed by atoms with Gasteiger partial charge in [0.1, 0.15) is 0 Å². The zero-order chi connectivity index (χ0) is 19.2. The van der Waals surface area contributed by atoms with Crippen LogP contribution in [0, 0.1) is 13.8 Å². The maximum absolute atomic E-state index is 12.3. The van der Waals surface area contributed by atoms with Crippen LogP contribution >= 0.6 is 11.3 Å². The highest BCUT2D eigenvalue weighted by Gasteiger charge is 2.17. The number of rotatable bonds is 7. The van der Waals surface area contributed by atoms with Gasteiger partial charge < -0.3 is 10.2 Å². The third kappa shape index (κ3) is 5.33. The molecular formula is C22H31N3OS. The SMILES string of the molecule is CCc1sc(C(=O)NCCCN2CCN(c3cccc(C)c3)CC2)cc1C. The molecule has 1 amide bonds. The summed E-state index contributed by atoms with van der Waals surface area (Å²) in [5, 5.41) is 3.08. The molecule has 0 spiro atoms. The summed E-state index contributed by atoms with van der Waals surface area (Å²) in [6.07, 6.45) is 2.00. The zero-order valence-electron chi connectivity index (χ0n) is 16.8. The predicted octanol–water partition coefficient (Wildman–Crippen LogP) is 3.87. The largest absolute Gasteiger partial charge is 0.369 e. The number of amides is 1. The van der Waals surface area contributed by atoms with Crippen molar-refractivity contribution in [2.45, 2.75) is 33.6 Å². The lowest BCUT2D eigenvalue weighted by Gasteiger charge is -2.36. The first kappa shape index (κ1) is 19.9. The monoisotopic (exact) mass is 385 g/mol. The molecular weight excluding hydrogens is 354 g/mol. The van der Waals surface area contributed by atoms with Gasteiger partial charge in [-0.25, -0.2) is 0 Å². The van der Waals surface area contributed by atoms with E-state index in [1.165, 1.54) is 21.7 Å². The molecule has 1 aliphatic rings. The molecule has 0 radical (unpaired) electrons. The van der Waals surface area contributed by atoms with Crippen molar-refractivity contribution < 1.29 is 4.79 Å². The van der Waals surface area contributed by atoms with Gasteiger partial charge in [-0.1, -0.05) is 19.1 Å². The summed E-state index contributed by atoms with van der Waals surface area (Å²) in [6.45, 7) is 12.5. The lowest BCUT2D eigenvalue weighted by Crippen LogP contribution is -2.47. The van der Waals surface area contributed by atoms with E-state index in [-0.39, 0.29) is 5.91 Å². The van der Waals surface area contributed by atoms with Crippen LogP contribution in [0.3, 0.4) is 0 Å². The second-order valence-electron chi connectivity index (χ2n) is 7.35. The third-order valence-corrected chi connectivity index (χ3v) is 6.62. The van der Waals surface area contributed by atoms with Crippen LogP contribution in [0.25, 0.3) is 0 Å². The van der Waals surface area contributed by atoms with Gasteiger partial charge in [-0.15, -0.1) is 11.3 Å². The van der Waals surface area contributed by atoms with E-state index in [2.05, 4.69) is 60.2 Å². The number of hydrogen-bond acceptors (Lipinski definition) is 4. The van der Waals surface area contributed by atoms with E-state index in [9.17, 15) is 4.79 Å². The summed E-state index contributed by atoms with van der Waals surface area (Å²) in [6, 6.07) is 10.8. The van der Waals surface area contributed by atoms with Gasteiger partial charge in [0.2, 0.25) is 0 Å². The van der Waals surface area contributed by atoms with Gasteiger partial charge in [0.25, 0.3) is 5.91 Å². The summed E-state index contributed by atoms with van der Waals surface area (Å²) in [4.78, 5) is 19.4. The van der Waals surface area contributed by atoms with Crippen molar-refractivity contribution in [2.24, 2.45) is 0 Å². The first-order valence-corrected chi connectivity index (χ1v) is 10.8. The molecule has 5 heteroatoms. The Balaban J connectivity index is 1.36. The van der Waals surface area contributed by atoms with E-state index < -0.39 is 0 Å². The molecule has 0 aliphatic carbocycles. The number of thiophene rings is 1. The fourth-order valence-corrected chi connectivity index (χ4v) is 4.66. The van der Waals surface area contributed by atoms with Crippen LogP contribution in [-0.4, -0.2) is 50.1 Å². The maximum atomic E-state index is 12.3. The molecule has 2 aromatic rings. The Morgan fingerprint density at radius 3 is 2.59 bits per heavy atom. The minimum absolute atomic E-state index is 0.0760. The van der Waals surface area contributed by atoms with E-state index in [1.54, 1.807) is 11.3 Å². The molecule has 146 valence electrons. The van der Waals surface area contributed by atoms with Crippen molar-refractivity contribution in [1.82, 2.24) is 10.2 Å². The second-order valence-corrected chi connectivity index (χ2v) is 8.48. The van der Waals surface area contributed by atoms with E-state index >= 15 is 0 Å². The normalized spacial score (nSPS) is 15.1. The van der Waals surface area contributed by atoms with Crippen molar-refractivity contribution in [1.29, 1.82) is 0 Å². The molecule has 1 aliphatic heterocycles. The average Bonchev–Trinajstić information content (AvgIpc) is 3.06. The Hall–Kier alpha value is -1.85. The number of nitrogens with zero attached hydrogens (tertiary/aromatic N) is 2. The first-order chi connectivity index (χ1) is 13.1. The molecule has 4 nitrogen and oxygen atoms in total. The molecule has 3 rings (SSSR count).